The summed E-state index contributed by atoms with van der Waals surface area (Å²) in [5.74, 6) is -0.398. The zero-order valence-electron chi connectivity index (χ0n) is 47.9. The van der Waals surface area contributed by atoms with E-state index in [0.29, 0.717) is 13.0 Å². The minimum atomic E-state index is -1.72. The van der Waals surface area contributed by atoms with E-state index in [1.54, 1.807) is 0 Å². The van der Waals surface area contributed by atoms with Crippen LogP contribution in [0.3, 0.4) is 0 Å². The Morgan fingerprint density at radius 2 is 0.833 bits per heavy atom. The Balaban J connectivity index is 1.73. The van der Waals surface area contributed by atoms with Gasteiger partial charge in [0.05, 0.1) is 26.4 Å². The Bertz CT molecular complexity index is 1700. The Morgan fingerprint density at radius 1 is 0.436 bits per heavy atom. The van der Waals surface area contributed by atoms with Gasteiger partial charge in [0.1, 0.15) is 54.9 Å². The Hall–Kier alpha value is -3.35. The van der Waals surface area contributed by atoms with Crippen LogP contribution in [0.5, 0.6) is 0 Å². The lowest BCUT2D eigenvalue weighted by Gasteiger charge is -2.42. The van der Waals surface area contributed by atoms with Crippen LogP contribution in [0.2, 0.25) is 0 Å². The minimum absolute atomic E-state index is 0.0335. The highest BCUT2D eigenvalue weighted by molar-refractivity contribution is 5.69. The van der Waals surface area contributed by atoms with Crippen LogP contribution in [0.4, 0.5) is 0 Å². The topological polar surface area (TPSA) is 214 Å². The van der Waals surface area contributed by atoms with E-state index in [-0.39, 0.29) is 19.6 Å². The number of allylic oxidation sites excluding steroid dienone is 18. The van der Waals surface area contributed by atoms with Crippen LogP contribution >= 0.6 is 0 Å². The molecule has 14 heteroatoms. The predicted molar refractivity (Wildman–Crippen MR) is 311 cm³/mol. The third-order valence-electron chi connectivity index (χ3n) is 13.5. The number of unbranched alkanes of at least 4 members (excludes halogenated alkanes) is 15. The molecule has 2 saturated heterocycles. The van der Waals surface area contributed by atoms with Crippen molar-refractivity contribution in [1.29, 1.82) is 0 Å². The van der Waals surface area contributed by atoms with Crippen molar-refractivity contribution in [2.45, 2.75) is 255 Å². The van der Waals surface area contributed by atoms with Crippen LogP contribution in [0.1, 0.15) is 187 Å². The molecule has 2 fully saturated rings. The summed E-state index contributed by atoms with van der Waals surface area (Å²) >= 11 is 0. The van der Waals surface area contributed by atoms with Gasteiger partial charge < -0.3 is 64.2 Å². The molecule has 0 aromatic heterocycles. The van der Waals surface area contributed by atoms with E-state index in [0.717, 1.165) is 116 Å². The standard InChI is InChI=1S/C64H106O14/c1-3-5-7-9-11-13-15-17-19-21-23-24-25-26-27-28-29-30-32-34-36-38-40-42-44-46-48-73-50-53(76-56(66)47-45-43-41-39-37-35-33-31-22-20-18-16-14-12-10-8-6-4-2)51-74-63-62(72)60(70)58(68)55(78-63)52-75-64-61(71)59(69)57(67)54(49-65)77-64/h5,7,11,13-14,16-17,19-20,22-24,26-27,29-30,34,36,53-55,57-65,67-72H,3-4,6,8-10,12,15,18,21,25,28,31-33,35,37-52H2,1-2H3/b7-5-,13-11-,16-14-,19-17-,22-20-,24-23-,27-26-,30-29-,36-34-. The normalized spacial score (nSPS) is 24.9. The fourth-order valence-corrected chi connectivity index (χ4v) is 8.71. The average molecular weight is 1100 g/mol. The van der Waals surface area contributed by atoms with Crippen molar-refractivity contribution in [1.82, 2.24) is 0 Å². The molecule has 11 unspecified atom stereocenters. The van der Waals surface area contributed by atoms with Crippen molar-refractivity contribution in [2.24, 2.45) is 0 Å². The van der Waals surface area contributed by atoms with Crippen LogP contribution in [-0.2, 0) is 33.2 Å². The van der Waals surface area contributed by atoms with Gasteiger partial charge in [0.2, 0.25) is 0 Å². The lowest BCUT2D eigenvalue weighted by molar-refractivity contribution is -0.332. The first-order chi connectivity index (χ1) is 38.1. The molecule has 0 amide bonds. The SMILES string of the molecule is CC/C=C\C/C=C\C/C=C\C/C=C\C/C=C\C/C=C\C/C=C\CCCCCCOCC(COC1OC(COC2OC(CO)C(O)C(O)C2O)C(O)C(O)C1O)OC(=O)CCCCCCCCC/C=C\C/C=C\CCCCCC. The fourth-order valence-electron chi connectivity index (χ4n) is 8.71. The number of carbonyl (C=O) groups excluding carboxylic acids is 1. The first-order valence-electron chi connectivity index (χ1n) is 30.0. The smallest absolute Gasteiger partial charge is 0.306 e. The highest BCUT2D eigenvalue weighted by atomic mass is 16.7. The van der Waals surface area contributed by atoms with E-state index < -0.39 is 86.7 Å². The van der Waals surface area contributed by atoms with Crippen LogP contribution in [0.15, 0.2) is 109 Å². The van der Waals surface area contributed by atoms with Crippen LogP contribution in [-0.4, -0.2) is 142 Å². The molecule has 0 aromatic carbocycles. The maximum Gasteiger partial charge on any atom is 0.306 e. The number of esters is 1. The molecule has 0 bridgehead atoms. The Kier molecular flexibility index (Phi) is 44.9. The minimum Gasteiger partial charge on any atom is -0.457 e. The third kappa shape index (κ3) is 35.4. The molecule has 0 aliphatic carbocycles. The molecule has 2 aliphatic rings. The number of hydrogen-bond acceptors (Lipinski definition) is 14. The second-order valence-corrected chi connectivity index (χ2v) is 20.4. The summed E-state index contributed by atoms with van der Waals surface area (Å²) in [7, 11) is 0. The van der Waals surface area contributed by atoms with Crippen LogP contribution in [0, 0.1) is 0 Å². The van der Waals surface area contributed by atoms with E-state index in [2.05, 4.69) is 123 Å². The van der Waals surface area contributed by atoms with Crippen molar-refractivity contribution >= 4 is 5.97 Å². The molecule has 0 saturated carbocycles. The maximum absolute atomic E-state index is 13.1. The first-order valence-corrected chi connectivity index (χ1v) is 30.0. The molecule has 2 rings (SSSR count). The summed E-state index contributed by atoms with van der Waals surface area (Å²) in [6.07, 6.45) is 51.4. The zero-order chi connectivity index (χ0) is 56.5. The van der Waals surface area contributed by atoms with Gasteiger partial charge in [-0.25, -0.2) is 0 Å². The molecule has 11 atom stereocenters. The first kappa shape index (κ1) is 70.8. The summed E-state index contributed by atoms with van der Waals surface area (Å²) in [5, 5.41) is 72.4. The molecule has 446 valence electrons. The highest BCUT2D eigenvalue weighted by Crippen LogP contribution is 2.26. The molecule has 7 N–H and O–H groups in total. The maximum atomic E-state index is 13.1. The number of rotatable bonds is 47. The largest absolute Gasteiger partial charge is 0.457 e. The summed E-state index contributed by atoms with van der Waals surface area (Å²) < 4.78 is 34.4. The van der Waals surface area contributed by atoms with Gasteiger partial charge in [0.15, 0.2) is 12.6 Å². The number of aliphatic hydroxyl groups excluding tert-OH is 7. The van der Waals surface area contributed by atoms with E-state index in [1.165, 1.54) is 44.9 Å². The zero-order valence-corrected chi connectivity index (χ0v) is 47.9. The second kappa shape index (κ2) is 49.5. The van der Waals surface area contributed by atoms with Gasteiger partial charge >= 0.3 is 5.97 Å². The lowest BCUT2D eigenvalue weighted by Crippen LogP contribution is -2.61. The van der Waals surface area contributed by atoms with E-state index in [1.807, 2.05) is 0 Å². The van der Waals surface area contributed by atoms with Crippen molar-refractivity contribution < 1.29 is 69.0 Å². The van der Waals surface area contributed by atoms with Crippen molar-refractivity contribution in [2.75, 3.05) is 33.0 Å². The van der Waals surface area contributed by atoms with E-state index in [9.17, 15) is 40.5 Å². The number of hydrogen-bond donors (Lipinski definition) is 7. The van der Waals surface area contributed by atoms with Gasteiger partial charge in [-0.1, -0.05) is 187 Å². The molecule has 0 radical (unpaired) electrons. The Morgan fingerprint density at radius 3 is 1.31 bits per heavy atom. The van der Waals surface area contributed by atoms with Gasteiger partial charge in [-0.15, -0.1) is 0 Å². The van der Waals surface area contributed by atoms with Gasteiger partial charge in [-0.2, -0.15) is 0 Å². The van der Waals surface area contributed by atoms with Crippen LogP contribution < -0.4 is 0 Å². The number of carbonyl (C=O) groups is 1. The summed E-state index contributed by atoms with van der Waals surface area (Å²) in [6.45, 7) is 3.47. The summed E-state index contributed by atoms with van der Waals surface area (Å²) in [4.78, 5) is 13.1. The lowest BCUT2D eigenvalue weighted by atomic mass is 9.98. The second-order valence-electron chi connectivity index (χ2n) is 20.4. The molecule has 2 heterocycles. The monoisotopic (exact) mass is 1100 g/mol. The van der Waals surface area contributed by atoms with Crippen LogP contribution in [0.25, 0.3) is 0 Å². The van der Waals surface area contributed by atoms with Crippen molar-refractivity contribution in [3.05, 3.63) is 109 Å². The molecule has 14 nitrogen and oxygen atoms in total. The molecular formula is C64H106O14. The highest BCUT2D eigenvalue weighted by Gasteiger charge is 2.47. The van der Waals surface area contributed by atoms with Crippen molar-refractivity contribution in [3.63, 3.8) is 0 Å². The van der Waals surface area contributed by atoms with Gasteiger partial charge in [-0.3, -0.25) is 4.79 Å². The molecule has 0 aromatic rings. The number of ether oxygens (including phenoxy) is 6. The fraction of sp³-hybridized carbons (Fsp3) is 0.703. The summed E-state index contributed by atoms with van der Waals surface area (Å²) in [6, 6.07) is 0. The predicted octanol–water partition coefficient (Wildman–Crippen LogP) is 11.1. The van der Waals surface area contributed by atoms with E-state index >= 15 is 0 Å². The van der Waals surface area contributed by atoms with E-state index in [4.69, 9.17) is 28.4 Å². The Labute approximate surface area is 470 Å². The van der Waals surface area contributed by atoms with Gasteiger partial charge in [0.25, 0.3) is 0 Å². The van der Waals surface area contributed by atoms with Crippen molar-refractivity contribution in [3.8, 4) is 0 Å². The molecular weight excluding hydrogens is 993 g/mol. The van der Waals surface area contributed by atoms with Gasteiger partial charge in [0, 0.05) is 13.0 Å². The quantitative estimate of drug-likeness (QED) is 0.0172. The molecule has 2 aliphatic heterocycles. The molecule has 78 heavy (non-hydrogen) atoms. The van der Waals surface area contributed by atoms with Gasteiger partial charge in [-0.05, 0) is 103 Å². The number of aliphatic hydroxyl groups is 7. The average Bonchev–Trinajstić information content (AvgIpc) is 3.45. The summed E-state index contributed by atoms with van der Waals surface area (Å²) in [5.41, 5.74) is 0. The molecule has 0 spiro atoms. The third-order valence-corrected chi connectivity index (χ3v) is 13.5.